The van der Waals surface area contributed by atoms with Crippen LogP contribution in [0.3, 0.4) is 0 Å². The van der Waals surface area contributed by atoms with Gasteiger partial charge in [-0.05, 0) is 42.5 Å². The molecule has 0 aliphatic heterocycles. The molecule has 1 aromatic heterocycles. The topological polar surface area (TPSA) is 104 Å². The average Bonchev–Trinajstić information content (AvgIpc) is 3.18. The van der Waals surface area contributed by atoms with E-state index in [9.17, 15) is 4.79 Å². The summed E-state index contributed by atoms with van der Waals surface area (Å²) in [7, 11) is 0. The zero-order chi connectivity index (χ0) is 22.8. The minimum absolute atomic E-state index is 0.0317. The maximum atomic E-state index is 15.1. The third kappa shape index (κ3) is 4.47. The summed E-state index contributed by atoms with van der Waals surface area (Å²) in [4.78, 5) is 15.5. The summed E-state index contributed by atoms with van der Waals surface area (Å²) < 4.78 is 20.7. The number of aromatic nitrogens is 1. The van der Waals surface area contributed by atoms with Gasteiger partial charge < -0.3 is 20.8 Å². The third-order valence-corrected chi connectivity index (χ3v) is 5.20. The Bertz CT molecular complexity index is 1400. The molecule has 1 amide bonds. The van der Waals surface area contributed by atoms with Crippen LogP contribution in [0.4, 0.5) is 10.1 Å². The van der Waals surface area contributed by atoms with Gasteiger partial charge in [0.15, 0.2) is 11.6 Å². The van der Waals surface area contributed by atoms with Gasteiger partial charge in [0.05, 0.1) is 16.7 Å². The number of carbonyl (C=O) groups is 1. The molecule has 3 aromatic carbocycles. The maximum absolute atomic E-state index is 15.1. The molecule has 4 rings (SSSR count). The van der Waals surface area contributed by atoms with E-state index in [1.807, 2.05) is 6.07 Å². The Labute approximate surface area is 192 Å². The van der Waals surface area contributed by atoms with Gasteiger partial charge in [0.25, 0.3) is 5.91 Å². The molecule has 32 heavy (non-hydrogen) atoms. The highest BCUT2D eigenvalue weighted by atomic mass is 35.5. The molecule has 0 bridgehead atoms. The molecule has 1 heterocycles. The van der Waals surface area contributed by atoms with Crippen molar-refractivity contribution in [3.63, 3.8) is 0 Å². The second-order valence-corrected chi connectivity index (χ2v) is 7.80. The first-order valence-electron chi connectivity index (χ1n) is 9.36. The van der Waals surface area contributed by atoms with E-state index < -0.39 is 11.7 Å². The molecular weight excluding hydrogens is 454 g/mol. The summed E-state index contributed by atoms with van der Waals surface area (Å²) in [6, 6.07) is 16.1. The van der Waals surface area contributed by atoms with Gasteiger partial charge in [0, 0.05) is 33.7 Å². The molecule has 9 heteroatoms. The molecule has 6 nitrogen and oxygen atoms in total. The van der Waals surface area contributed by atoms with E-state index in [0.717, 1.165) is 10.9 Å². The van der Waals surface area contributed by atoms with Crippen molar-refractivity contribution in [3.8, 4) is 17.6 Å². The van der Waals surface area contributed by atoms with Gasteiger partial charge in [0.1, 0.15) is 11.4 Å². The minimum atomic E-state index is -0.735. The van der Waals surface area contributed by atoms with Crippen molar-refractivity contribution in [2.45, 2.75) is 6.54 Å². The van der Waals surface area contributed by atoms with Crippen molar-refractivity contribution in [1.29, 1.82) is 5.26 Å². The van der Waals surface area contributed by atoms with E-state index in [-0.39, 0.29) is 39.2 Å². The number of nitrogen functional groups attached to an aromatic ring is 1. The van der Waals surface area contributed by atoms with Crippen LogP contribution in [0.5, 0.6) is 11.5 Å². The number of nitrogens with zero attached hydrogens (tertiary/aromatic N) is 1. The van der Waals surface area contributed by atoms with Crippen LogP contribution in [0, 0.1) is 17.1 Å². The van der Waals surface area contributed by atoms with Gasteiger partial charge >= 0.3 is 0 Å². The molecule has 0 spiro atoms. The largest absolute Gasteiger partial charge is 0.453 e. The number of benzene rings is 3. The first-order valence-corrected chi connectivity index (χ1v) is 10.1. The van der Waals surface area contributed by atoms with E-state index in [1.54, 1.807) is 24.3 Å². The SMILES string of the molecule is N#Cc1cc(Cl)cc(Oc2c(Cl)ccc(CNC(=O)c3cc4ccc(N)cc4[nH]3)c2F)c1. The molecule has 0 unspecified atom stereocenters. The number of nitrogens with two attached hydrogens (primary N) is 1. The summed E-state index contributed by atoms with van der Waals surface area (Å²) in [6.07, 6.45) is 0. The zero-order valence-corrected chi connectivity index (χ0v) is 17.9. The zero-order valence-electron chi connectivity index (χ0n) is 16.4. The summed E-state index contributed by atoms with van der Waals surface area (Å²) in [5.41, 5.74) is 7.80. The van der Waals surface area contributed by atoms with E-state index in [4.69, 9.17) is 38.9 Å². The van der Waals surface area contributed by atoms with Gasteiger partial charge in [0.2, 0.25) is 0 Å². The van der Waals surface area contributed by atoms with Crippen molar-refractivity contribution in [3.05, 3.63) is 87.3 Å². The molecule has 4 N–H and O–H groups in total. The van der Waals surface area contributed by atoms with Crippen molar-refractivity contribution < 1.29 is 13.9 Å². The number of anilines is 1. The van der Waals surface area contributed by atoms with Crippen LogP contribution < -0.4 is 15.8 Å². The number of hydrogen-bond donors (Lipinski definition) is 3. The van der Waals surface area contributed by atoms with Crippen molar-refractivity contribution in [1.82, 2.24) is 10.3 Å². The summed E-state index contributed by atoms with van der Waals surface area (Å²) in [6.45, 7) is -0.102. The lowest BCUT2D eigenvalue weighted by Gasteiger charge is -2.13. The van der Waals surface area contributed by atoms with Crippen LogP contribution in [0.2, 0.25) is 10.0 Å². The molecule has 0 aliphatic rings. The number of fused-ring (bicyclic) bond motifs is 1. The van der Waals surface area contributed by atoms with Crippen LogP contribution in [-0.4, -0.2) is 10.9 Å². The van der Waals surface area contributed by atoms with E-state index >= 15 is 4.39 Å². The molecule has 0 radical (unpaired) electrons. The van der Waals surface area contributed by atoms with E-state index in [1.165, 1.54) is 30.3 Å². The lowest BCUT2D eigenvalue weighted by molar-refractivity contribution is 0.0946. The molecule has 0 saturated heterocycles. The van der Waals surface area contributed by atoms with E-state index in [0.29, 0.717) is 11.4 Å². The van der Waals surface area contributed by atoms with Crippen LogP contribution in [0.1, 0.15) is 21.6 Å². The third-order valence-electron chi connectivity index (χ3n) is 4.68. The predicted octanol–water partition coefficient (Wildman–Crippen LogP) is 5.79. The number of ether oxygens (including phenoxy) is 1. The van der Waals surface area contributed by atoms with Crippen molar-refractivity contribution >= 4 is 45.7 Å². The fraction of sp³-hybridized carbons (Fsp3) is 0.0435. The average molecular weight is 469 g/mol. The summed E-state index contributed by atoms with van der Waals surface area (Å²) >= 11 is 12.1. The number of aromatic amines is 1. The Morgan fingerprint density at radius 2 is 1.97 bits per heavy atom. The number of halogens is 3. The fourth-order valence-electron chi connectivity index (χ4n) is 3.15. The van der Waals surface area contributed by atoms with Gasteiger partial charge in [-0.25, -0.2) is 4.39 Å². The van der Waals surface area contributed by atoms with E-state index in [2.05, 4.69) is 10.3 Å². The standard InChI is InChI=1S/C23H15Cl2FN4O2/c24-15-5-12(10-27)6-17(8-15)32-22-18(25)4-2-14(21(22)26)11-29-23(31)20-7-13-1-3-16(28)9-19(13)30-20/h1-9,30H,11,28H2,(H,29,31). The number of nitrogens with one attached hydrogen (secondary N) is 2. The molecule has 0 aliphatic carbocycles. The van der Waals surface area contributed by atoms with Crippen LogP contribution in [0.25, 0.3) is 10.9 Å². The molecular formula is C23H15Cl2FN4O2. The lowest BCUT2D eigenvalue weighted by atomic mass is 10.2. The monoisotopic (exact) mass is 468 g/mol. The fourth-order valence-corrected chi connectivity index (χ4v) is 3.55. The number of H-pyrrole nitrogens is 1. The molecule has 0 atom stereocenters. The van der Waals surface area contributed by atoms with Crippen molar-refractivity contribution in [2.24, 2.45) is 0 Å². The molecule has 0 fully saturated rings. The number of nitriles is 1. The van der Waals surface area contributed by atoms with Crippen LogP contribution in [-0.2, 0) is 6.54 Å². The Kier molecular flexibility index (Phi) is 5.91. The highest BCUT2D eigenvalue weighted by Crippen LogP contribution is 2.35. The Balaban J connectivity index is 1.53. The highest BCUT2D eigenvalue weighted by Gasteiger charge is 2.17. The normalized spacial score (nSPS) is 10.7. The Morgan fingerprint density at radius 3 is 2.75 bits per heavy atom. The van der Waals surface area contributed by atoms with Crippen LogP contribution >= 0.6 is 23.2 Å². The smallest absolute Gasteiger partial charge is 0.267 e. The van der Waals surface area contributed by atoms with Gasteiger partial charge in [-0.1, -0.05) is 35.3 Å². The van der Waals surface area contributed by atoms with Gasteiger partial charge in [-0.2, -0.15) is 5.26 Å². The van der Waals surface area contributed by atoms with Crippen molar-refractivity contribution in [2.75, 3.05) is 5.73 Å². The number of rotatable bonds is 5. The number of amides is 1. The molecule has 4 aromatic rings. The second-order valence-electron chi connectivity index (χ2n) is 6.95. The van der Waals surface area contributed by atoms with Gasteiger partial charge in [-0.3, -0.25) is 4.79 Å². The second kappa shape index (κ2) is 8.79. The number of carbonyl (C=O) groups excluding carboxylic acids is 1. The minimum Gasteiger partial charge on any atom is -0.453 e. The summed E-state index contributed by atoms with van der Waals surface area (Å²) in [5, 5.41) is 12.9. The molecule has 160 valence electrons. The summed E-state index contributed by atoms with van der Waals surface area (Å²) in [5.74, 6) is -1.22. The predicted molar refractivity (Wildman–Crippen MR) is 122 cm³/mol. The first kappa shape index (κ1) is 21.5. The highest BCUT2D eigenvalue weighted by molar-refractivity contribution is 6.32. The molecule has 0 saturated carbocycles. The Morgan fingerprint density at radius 1 is 1.16 bits per heavy atom. The number of hydrogen-bond acceptors (Lipinski definition) is 4. The van der Waals surface area contributed by atoms with Crippen LogP contribution in [0.15, 0.2) is 54.6 Å². The van der Waals surface area contributed by atoms with Gasteiger partial charge in [-0.15, -0.1) is 0 Å². The quantitative estimate of drug-likeness (QED) is 0.322. The lowest BCUT2D eigenvalue weighted by Crippen LogP contribution is -2.23. The first-order chi connectivity index (χ1) is 15.3. The Hall–Kier alpha value is -3.73. The maximum Gasteiger partial charge on any atom is 0.267 e.